The van der Waals surface area contributed by atoms with Gasteiger partial charge in [-0.3, -0.25) is 9.82 Å². The van der Waals surface area contributed by atoms with Gasteiger partial charge in [-0.15, -0.1) is 0 Å². The Labute approximate surface area is 119 Å². The fourth-order valence-electron chi connectivity index (χ4n) is 1.59. The molecule has 1 aromatic heterocycles. The van der Waals surface area contributed by atoms with Gasteiger partial charge >= 0.3 is 0 Å². The molecule has 3 N–H and O–H groups in total. The van der Waals surface area contributed by atoms with E-state index in [2.05, 4.69) is 36.2 Å². The summed E-state index contributed by atoms with van der Waals surface area (Å²) in [5.74, 6) is 0. The van der Waals surface area contributed by atoms with Crippen LogP contribution in [0.2, 0.25) is 0 Å². The van der Waals surface area contributed by atoms with Crippen LogP contribution in [0.15, 0.2) is 40.0 Å². The van der Waals surface area contributed by atoms with E-state index in [1.54, 1.807) is 25.2 Å². The van der Waals surface area contributed by atoms with E-state index in [0.717, 1.165) is 0 Å². The number of sulfonamides is 1. The molecule has 6 nitrogen and oxygen atoms in total. The van der Waals surface area contributed by atoms with Gasteiger partial charge in [-0.25, -0.2) is 0 Å². The predicted molar refractivity (Wildman–Crippen MR) is 76.3 cm³/mol. The molecule has 102 valence electrons. The maximum atomic E-state index is 12.3. The van der Waals surface area contributed by atoms with Crippen molar-refractivity contribution in [2.24, 2.45) is 0 Å². The number of benzene rings is 1. The molecule has 0 aliphatic carbocycles. The van der Waals surface area contributed by atoms with Gasteiger partial charge in [0, 0.05) is 16.6 Å². The third-order valence-electron chi connectivity index (χ3n) is 2.43. The number of anilines is 1. The predicted octanol–water partition coefficient (Wildman–Crippen LogP) is 1.69. The summed E-state index contributed by atoms with van der Waals surface area (Å²) < 4.78 is 27.7. The molecule has 8 heteroatoms. The highest BCUT2D eigenvalue weighted by Gasteiger charge is 2.21. The van der Waals surface area contributed by atoms with E-state index in [1.807, 2.05) is 6.07 Å². The number of aromatic nitrogens is 2. The van der Waals surface area contributed by atoms with E-state index in [0.29, 0.717) is 22.3 Å². The lowest BCUT2D eigenvalue weighted by molar-refractivity contribution is 0.595. The van der Waals surface area contributed by atoms with Crippen LogP contribution in [-0.2, 0) is 16.6 Å². The molecule has 2 rings (SSSR count). The van der Waals surface area contributed by atoms with E-state index in [4.69, 9.17) is 0 Å². The molecule has 0 bridgehead atoms. The highest BCUT2D eigenvalue weighted by molar-refractivity contribution is 9.10. The van der Waals surface area contributed by atoms with E-state index >= 15 is 0 Å². The molecule has 1 heterocycles. The van der Waals surface area contributed by atoms with Gasteiger partial charge < -0.3 is 5.32 Å². The zero-order chi connectivity index (χ0) is 13.9. The Bertz CT molecular complexity index is 669. The molecule has 0 saturated heterocycles. The maximum absolute atomic E-state index is 12.3. The summed E-state index contributed by atoms with van der Waals surface area (Å²) in [5.41, 5.74) is 1.06. The zero-order valence-corrected chi connectivity index (χ0v) is 12.5. The van der Waals surface area contributed by atoms with Gasteiger partial charge in [-0.2, -0.15) is 13.5 Å². The summed E-state index contributed by atoms with van der Waals surface area (Å²) in [6.45, 7) is 0.419. The molecule has 0 radical (unpaired) electrons. The fraction of sp³-hybridized carbons (Fsp3) is 0.182. The van der Waals surface area contributed by atoms with E-state index in [-0.39, 0.29) is 5.03 Å². The van der Waals surface area contributed by atoms with Crippen LogP contribution in [0.4, 0.5) is 5.69 Å². The molecule has 0 aliphatic heterocycles. The minimum absolute atomic E-state index is 0.0672. The number of H-pyrrole nitrogens is 1. The summed E-state index contributed by atoms with van der Waals surface area (Å²) in [4.78, 5) is 0. The van der Waals surface area contributed by atoms with Gasteiger partial charge in [0.15, 0.2) is 5.03 Å². The largest absolute Gasteiger partial charge is 0.316 e. The molecule has 0 amide bonds. The van der Waals surface area contributed by atoms with Crippen molar-refractivity contribution in [1.29, 1.82) is 0 Å². The van der Waals surface area contributed by atoms with Gasteiger partial charge in [-0.1, -0.05) is 12.1 Å². The Morgan fingerprint density at radius 1 is 1.37 bits per heavy atom. The Balaban J connectivity index is 2.33. The average Bonchev–Trinajstić information content (AvgIpc) is 2.81. The lowest BCUT2D eigenvalue weighted by atomic mass is 10.3. The Morgan fingerprint density at radius 3 is 2.79 bits per heavy atom. The topological polar surface area (TPSA) is 86.9 Å². The Kier molecular flexibility index (Phi) is 4.23. The van der Waals surface area contributed by atoms with E-state index < -0.39 is 10.0 Å². The number of nitrogens with zero attached hydrogens (tertiary/aromatic N) is 1. The minimum Gasteiger partial charge on any atom is -0.316 e. The van der Waals surface area contributed by atoms with Crippen LogP contribution in [-0.4, -0.2) is 25.7 Å². The molecule has 0 aliphatic rings. The summed E-state index contributed by atoms with van der Waals surface area (Å²) >= 11 is 3.30. The van der Waals surface area contributed by atoms with Crippen molar-refractivity contribution in [3.05, 3.63) is 40.5 Å². The van der Waals surface area contributed by atoms with E-state index in [1.165, 1.54) is 6.20 Å². The van der Waals surface area contributed by atoms with Crippen LogP contribution in [0.25, 0.3) is 0 Å². The van der Waals surface area contributed by atoms with Gasteiger partial charge in [0.1, 0.15) is 0 Å². The van der Waals surface area contributed by atoms with Crippen LogP contribution in [0, 0.1) is 0 Å². The average molecular weight is 345 g/mol. The first-order valence-corrected chi connectivity index (χ1v) is 7.76. The third-order valence-corrected chi connectivity index (χ3v) is 4.50. The van der Waals surface area contributed by atoms with Crippen molar-refractivity contribution >= 4 is 31.6 Å². The molecular formula is C11H13BrN4O2S. The van der Waals surface area contributed by atoms with Crippen LogP contribution in [0.5, 0.6) is 0 Å². The smallest absolute Gasteiger partial charge is 0.279 e. The van der Waals surface area contributed by atoms with Gasteiger partial charge in [0.2, 0.25) is 0 Å². The lowest BCUT2D eigenvalue weighted by Gasteiger charge is -2.09. The van der Waals surface area contributed by atoms with Gasteiger partial charge in [0.25, 0.3) is 10.0 Å². The molecule has 0 saturated carbocycles. The standard InChI is InChI=1S/C11H13BrN4O2S/c1-13-6-8-7-14-15-11(8)19(17,18)16-10-5-3-2-4-9(10)12/h2-5,7,13,16H,6H2,1H3,(H,14,15). The quantitative estimate of drug-likeness (QED) is 0.770. The second kappa shape index (κ2) is 5.72. The normalized spacial score (nSPS) is 11.5. The Hall–Kier alpha value is -1.38. The van der Waals surface area contributed by atoms with E-state index in [9.17, 15) is 8.42 Å². The number of nitrogens with one attached hydrogen (secondary N) is 3. The van der Waals surface area contributed by atoms with Crippen molar-refractivity contribution in [1.82, 2.24) is 15.5 Å². The molecular weight excluding hydrogens is 332 g/mol. The summed E-state index contributed by atoms with van der Waals surface area (Å²) in [7, 11) is -1.94. The molecule has 0 spiro atoms. The first kappa shape index (κ1) is 14.0. The maximum Gasteiger partial charge on any atom is 0.279 e. The van der Waals surface area contributed by atoms with Crippen LogP contribution >= 0.6 is 15.9 Å². The molecule has 0 atom stereocenters. The summed E-state index contributed by atoms with van der Waals surface area (Å²) in [6, 6.07) is 7.00. The van der Waals surface area contributed by atoms with Crippen molar-refractivity contribution < 1.29 is 8.42 Å². The lowest BCUT2D eigenvalue weighted by Crippen LogP contribution is -2.17. The molecule has 1 aromatic carbocycles. The van der Waals surface area contributed by atoms with Crippen LogP contribution in [0.3, 0.4) is 0 Å². The van der Waals surface area contributed by atoms with Crippen molar-refractivity contribution in [3.63, 3.8) is 0 Å². The molecule has 19 heavy (non-hydrogen) atoms. The number of aromatic amines is 1. The number of para-hydroxylation sites is 1. The van der Waals surface area contributed by atoms with Crippen molar-refractivity contribution in [3.8, 4) is 0 Å². The Morgan fingerprint density at radius 2 is 2.11 bits per heavy atom. The number of rotatable bonds is 5. The van der Waals surface area contributed by atoms with Crippen LogP contribution < -0.4 is 10.0 Å². The van der Waals surface area contributed by atoms with Crippen LogP contribution in [0.1, 0.15) is 5.56 Å². The number of hydrogen-bond donors (Lipinski definition) is 3. The second-order valence-electron chi connectivity index (χ2n) is 3.84. The van der Waals surface area contributed by atoms with Gasteiger partial charge in [-0.05, 0) is 35.1 Å². The van der Waals surface area contributed by atoms with Crippen molar-refractivity contribution in [2.45, 2.75) is 11.6 Å². The number of halogens is 1. The summed E-state index contributed by atoms with van der Waals surface area (Å²) in [6.07, 6.45) is 1.49. The highest BCUT2D eigenvalue weighted by Crippen LogP contribution is 2.24. The first-order chi connectivity index (χ1) is 9.04. The number of hydrogen-bond acceptors (Lipinski definition) is 4. The highest BCUT2D eigenvalue weighted by atomic mass is 79.9. The molecule has 0 fully saturated rings. The SMILES string of the molecule is CNCc1cn[nH]c1S(=O)(=O)Nc1ccccc1Br. The third kappa shape index (κ3) is 3.14. The first-order valence-electron chi connectivity index (χ1n) is 5.49. The molecule has 0 unspecified atom stereocenters. The van der Waals surface area contributed by atoms with Gasteiger partial charge in [0.05, 0.1) is 11.9 Å². The fourth-order valence-corrected chi connectivity index (χ4v) is 3.32. The van der Waals surface area contributed by atoms with Crippen molar-refractivity contribution in [2.75, 3.05) is 11.8 Å². The second-order valence-corrected chi connectivity index (χ2v) is 6.31. The summed E-state index contributed by atoms with van der Waals surface area (Å²) in [5, 5.41) is 9.25. The monoisotopic (exact) mass is 344 g/mol. The minimum atomic E-state index is -3.68. The molecule has 2 aromatic rings. The zero-order valence-electron chi connectivity index (χ0n) is 10.1.